The van der Waals surface area contributed by atoms with Crippen molar-refractivity contribution < 1.29 is 28.8 Å². The van der Waals surface area contributed by atoms with Crippen LogP contribution in [0, 0.1) is 5.41 Å². The highest BCUT2D eigenvalue weighted by molar-refractivity contribution is 7.46. The Kier molecular flexibility index (Phi) is 24.7. The maximum absolute atomic E-state index is 10.4. The summed E-state index contributed by atoms with van der Waals surface area (Å²) < 4.78 is 14.8. The van der Waals surface area contributed by atoms with Crippen LogP contribution in [0.3, 0.4) is 0 Å². The minimum absolute atomic E-state index is 0.112. The highest BCUT2D eigenvalue weighted by Crippen LogP contribution is 2.35. The Bertz CT molecular complexity index is 519. The van der Waals surface area contributed by atoms with Gasteiger partial charge in [-0.3, -0.25) is 14.7 Å². The number of guanidine groups is 1. The highest BCUT2D eigenvalue weighted by atomic mass is 31.2. The monoisotopic (exact) mass is 496 g/mol. The van der Waals surface area contributed by atoms with Crippen molar-refractivity contribution >= 4 is 19.8 Å². The van der Waals surface area contributed by atoms with E-state index < -0.39 is 19.8 Å². The van der Waals surface area contributed by atoms with Crippen LogP contribution in [-0.4, -0.2) is 46.0 Å². The van der Waals surface area contributed by atoms with Crippen LogP contribution in [0.2, 0.25) is 0 Å². The molecule has 0 bridgehead atoms. The average Bonchev–Trinajstić information content (AvgIpc) is 2.73. The van der Waals surface area contributed by atoms with E-state index >= 15 is 0 Å². The van der Waals surface area contributed by atoms with E-state index in [4.69, 9.17) is 31.8 Å². The number of nitrogens with two attached hydrogens (primary N) is 2. The number of phosphoric acid groups is 1. The quantitative estimate of drug-likeness (QED) is 0.0526. The molecule has 1 atom stereocenters. The van der Waals surface area contributed by atoms with Crippen LogP contribution >= 0.6 is 7.82 Å². The summed E-state index contributed by atoms with van der Waals surface area (Å²) in [6.45, 7) is 2.91. The molecule has 0 aromatic carbocycles. The van der Waals surface area contributed by atoms with E-state index in [0.29, 0.717) is 19.4 Å². The fraction of sp³-hybridized carbons (Fsp3) is 0.909. The molecule has 0 radical (unpaired) electrons. The summed E-state index contributed by atoms with van der Waals surface area (Å²) in [6.07, 6.45) is 18.7. The van der Waals surface area contributed by atoms with Crippen molar-refractivity contribution in [3.05, 3.63) is 0 Å². The topological polar surface area (TPSA) is 192 Å². The predicted molar refractivity (Wildman–Crippen MR) is 133 cm³/mol. The zero-order valence-electron chi connectivity index (χ0n) is 20.5. The van der Waals surface area contributed by atoms with Gasteiger partial charge in [0.1, 0.15) is 6.04 Å². The number of hydrogen-bond donors (Lipinski definition) is 7. The molecule has 0 saturated heterocycles. The summed E-state index contributed by atoms with van der Waals surface area (Å²) in [5, 5.41) is 17.7. The van der Waals surface area contributed by atoms with Gasteiger partial charge in [0.05, 0.1) is 6.61 Å². The first-order chi connectivity index (χ1) is 15.6. The molecule has 198 valence electrons. The molecule has 0 fully saturated rings. The number of carboxylic acid groups (broad SMARTS) is 1. The number of hydrogen-bond acceptors (Lipinski definition) is 5. The predicted octanol–water partition coefficient (Wildman–Crippen LogP) is 4.24. The van der Waals surface area contributed by atoms with Crippen molar-refractivity contribution in [2.45, 2.75) is 116 Å². The number of aliphatic carboxylic acids is 1. The number of phosphoric ester groups is 1. The number of carbonyl (C=O) groups is 1. The molecule has 0 aliphatic rings. The van der Waals surface area contributed by atoms with Gasteiger partial charge in [0.15, 0.2) is 5.96 Å². The molecule has 11 heteroatoms. The SMILES string of the molecule is CCCCCCCCCCCCCCCCOP(=O)(O)O.N=C(N)NCCCC(N)C(=O)O. The van der Waals surface area contributed by atoms with Crippen LogP contribution in [0.25, 0.3) is 0 Å². The zero-order valence-corrected chi connectivity index (χ0v) is 21.4. The van der Waals surface area contributed by atoms with Crippen molar-refractivity contribution in [1.29, 1.82) is 5.41 Å². The molecule has 33 heavy (non-hydrogen) atoms. The van der Waals surface area contributed by atoms with Crippen LogP contribution in [0.4, 0.5) is 0 Å². The Labute approximate surface area is 200 Å². The molecular formula is C22H49N4O6P. The van der Waals surface area contributed by atoms with Gasteiger partial charge in [-0.25, -0.2) is 4.57 Å². The fourth-order valence-corrected chi connectivity index (χ4v) is 3.52. The Morgan fingerprint density at radius 3 is 1.70 bits per heavy atom. The van der Waals surface area contributed by atoms with E-state index in [0.717, 1.165) is 19.3 Å². The van der Waals surface area contributed by atoms with Crippen LogP contribution in [0.15, 0.2) is 0 Å². The first-order valence-electron chi connectivity index (χ1n) is 12.4. The van der Waals surface area contributed by atoms with Crippen LogP contribution < -0.4 is 16.8 Å². The van der Waals surface area contributed by atoms with E-state index in [1.807, 2.05) is 0 Å². The molecule has 0 amide bonds. The molecule has 0 aromatic rings. The first kappa shape index (κ1) is 34.0. The van der Waals surface area contributed by atoms with Crippen molar-refractivity contribution in [3.8, 4) is 0 Å². The zero-order chi connectivity index (χ0) is 25.4. The average molecular weight is 497 g/mol. The number of nitrogens with one attached hydrogen (secondary N) is 2. The van der Waals surface area contributed by atoms with E-state index in [9.17, 15) is 9.36 Å². The van der Waals surface area contributed by atoms with Crippen LogP contribution in [0.5, 0.6) is 0 Å². The first-order valence-corrected chi connectivity index (χ1v) is 13.9. The van der Waals surface area contributed by atoms with Gasteiger partial charge in [0.25, 0.3) is 0 Å². The fourth-order valence-electron chi connectivity index (χ4n) is 3.15. The van der Waals surface area contributed by atoms with Crippen molar-refractivity contribution in [2.75, 3.05) is 13.2 Å². The minimum Gasteiger partial charge on any atom is -0.480 e. The van der Waals surface area contributed by atoms with E-state index in [-0.39, 0.29) is 12.6 Å². The number of unbranched alkanes of at least 4 members (excludes halogenated alkanes) is 13. The number of carboxylic acids is 1. The molecule has 0 aliphatic carbocycles. The Balaban J connectivity index is 0. The molecule has 10 nitrogen and oxygen atoms in total. The maximum atomic E-state index is 10.4. The third-order valence-corrected chi connectivity index (χ3v) is 5.60. The molecule has 0 aliphatic heterocycles. The second-order valence-corrected chi connectivity index (χ2v) is 9.59. The van der Waals surface area contributed by atoms with E-state index in [2.05, 4.69) is 16.8 Å². The van der Waals surface area contributed by atoms with Gasteiger partial charge in [-0.1, -0.05) is 90.4 Å². The molecule has 9 N–H and O–H groups in total. The Morgan fingerprint density at radius 1 is 0.909 bits per heavy atom. The maximum Gasteiger partial charge on any atom is 0.469 e. The van der Waals surface area contributed by atoms with Gasteiger partial charge in [-0.15, -0.1) is 0 Å². The Morgan fingerprint density at radius 2 is 1.33 bits per heavy atom. The van der Waals surface area contributed by atoms with Crippen molar-refractivity contribution in [2.24, 2.45) is 11.5 Å². The molecule has 1 unspecified atom stereocenters. The smallest absolute Gasteiger partial charge is 0.469 e. The molecular weight excluding hydrogens is 447 g/mol. The molecule has 0 saturated carbocycles. The minimum atomic E-state index is -4.25. The van der Waals surface area contributed by atoms with Crippen LogP contribution in [0.1, 0.15) is 110 Å². The van der Waals surface area contributed by atoms with Gasteiger partial charge in [-0.05, 0) is 19.3 Å². The Hall–Kier alpha value is -1.19. The largest absolute Gasteiger partial charge is 0.480 e. The van der Waals surface area contributed by atoms with E-state index in [1.54, 1.807) is 0 Å². The lowest BCUT2D eigenvalue weighted by Crippen LogP contribution is -2.34. The summed E-state index contributed by atoms with van der Waals surface area (Å²) >= 11 is 0. The van der Waals surface area contributed by atoms with E-state index in [1.165, 1.54) is 70.6 Å². The summed E-state index contributed by atoms with van der Waals surface area (Å²) in [7, 11) is -4.25. The van der Waals surface area contributed by atoms with Gasteiger partial charge in [0, 0.05) is 6.54 Å². The summed E-state index contributed by atoms with van der Waals surface area (Å²) in [6, 6.07) is -0.821. The second kappa shape index (κ2) is 24.0. The molecule has 0 rings (SSSR count). The standard InChI is InChI=1S/C16H35O4P.C6H14N4O2/c1-2-3-4-5-6-7-8-9-10-11-12-13-14-15-16-20-21(17,18)19;7-4(5(11)12)2-1-3-10-6(8)9/h2-16H2,1H3,(H2,17,18,19);4H,1-3,7H2,(H,11,12)(H4,8,9,10). The van der Waals surface area contributed by atoms with Crippen LogP contribution in [-0.2, 0) is 13.9 Å². The summed E-state index contributed by atoms with van der Waals surface area (Å²) in [5.41, 5.74) is 10.2. The lowest BCUT2D eigenvalue weighted by molar-refractivity contribution is -0.138. The third-order valence-electron chi connectivity index (χ3n) is 5.08. The lowest BCUT2D eigenvalue weighted by Gasteiger charge is -2.06. The second-order valence-electron chi connectivity index (χ2n) is 8.35. The molecule has 0 heterocycles. The normalized spacial score (nSPS) is 12.0. The number of rotatable bonds is 21. The van der Waals surface area contributed by atoms with Crippen molar-refractivity contribution in [1.82, 2.24) is 5.32 Å². The summed E-state index contributed by atoms with van der Waals surface area (Å²) in [5.74, 6) is -1.11. The third kappa shape index (κ3) is 33.1. The van der Waals surface area contributed by atoms with Crippen molar-refractivity contribution in [3.63, 3.8) is 0 Å². The van der Waals surface area contributed by atoms with Gasteiger partial charge >= 0.3 is 13.8 Å². The molecule has 0 spiro atoms. The molecule has 0 aromatic heterocycles. The summed E-state index contributed by atoms with van der Waals surface area (Å²) in [4.78, 5) is 27.2. The van der Waals surface area contributed by atoms with Gasteiger partial charge in [0.2, 0.25) is 0 Å². The van der Waals surface area contributed by atoms with Gasteiger partial charge < -0.3 is 31.7 Å². The lowest BCUT2D eigenvalue weighted by atomic mass is 10.0. The van der Waals surface area contributed by atoms with Gasteiger partial charge in [-0.2, -0.15) is 0 Å². The highest BCUT2D eigenvalue weighted by Gasteiger charge is 2.12.